The predicted molar refractivity (Wildman–Crippen MR) is 74.6 cm³/mol. The molecule has 1 aliphatic heterocycles. The van der Waals surface area contributed by atoms with Crippen LogP contribution in [0.4, 0.5) is 4.39 Å². The van der Waals surface area contributed by atoms with Crippen LogP contribution >= 0.6 is 11.8 Å². The van der Waals surface area contributed by atoms with Gasteiger partial charge in [-0.25, -0.2) is 4.39 Å². The lowest BCUT2D eigenvalue weighted by Gasteiger charge is -2.28. The fourth-order valence-electron chi connectivity index (χ4n) is 2.46. The number of thioether (sulfide) groups is 1. The minimum atomic E-state index is -0.107. The summed E-state index contributed by atoms with van der Waals surface area (Å²) in [4.78, 5) is 0.797. The Morgan fingerprint density at radius 2 is 2.42 bits per heavy atom. The van der Waals surface area contributed by atoms with Gasteiger partial charge in [-0.15, -0.1) is 11.8 Å². The fourth-order valence-corrected chi connectivity index (χ4v) is 3.60. The zero-order valence-corrected chi connectivity index (χ0v) is 11.5. The van der Waals surface area contributed by atoms with E-state index in [1.165, 1.54) is 6.07 Å². The second kappa shape index (κ2) is 5.35. The van der Waals surface area contributed by atoms with E-state index in [2.05, 4.69) is 22.4 Å². The van der Waals surface area contributed by atoms with Gasteiger partial charge in [0.05, 0.1) is 6.20 Å². The van der Waals surface area contributed by atoms with Crippen molar-refractivity contribution in [3.05, 3.63) is 47.5 Å². The first-order valence-corrected chi connectivity index (χ1v) is 7.40. The second-order valence-corrected chi connectivity index (χ2v) is 5.87. The molecule has 0 aliphatic carbocycles. The maximum atomic E-state index is 13.8. The average molecular weight is 277 g/mol. The molecule has 1 aromatic heterocycles. The Balaban J connectivity index is 1.82. The number of fused-ring (bicyclic) bond motifs is 1. The van der Waals surface area contributed by atoms with Crippen molar-refractivity contribution < 1.29 is 4.39 Å². The Kier molecular flexibility index (Phi) is 3.57. The molecule has 3 rings (SSSR count). The highest BCUT2D eigenvalue weighted by molar-refractivity contribution is 7.99. The summed E-state index contributed by atoms with van der Waals surface area (Å²) in [6.07, 6.45) is 4.73. The summed E-state index contributed by atoms with van der Waals surface area (Å²) in [7, 11) is 0. The normalized spacial score (nSPS) is 20.0. The van der Waals surface area contributed by atoms with Crippen molar-refractivity contribution in [2.24, 2.45) is 0 Å². The Bertz CT molecular complexity index is 556. The zero-order valence-electron chi connectivity index (χ0n) is 10.7. The molecule has 5 heteroatoms. The van der Waals surface area contributed by atoms with Crippen molar-refractivity contribution in [2.75, 3.05) is 5.75 Å². The maximum absolute atomic E-state index is 13.8. The molecule has 0 bridgehead atoms. The van der Waals surface area contributed by atoms with Crippen molar-refractivity contribution in [1.82, 2.24) is 15.5 Å². The highest BCUT2D eigenvalue weighted by Gasteiger charge is 2.24. The molecular formula is C14H16FN3S. The van der Waals surface area contributed by atoms with Gasteiger partial charge in [-0.2, -0.15) is 5.10 Å². The number of halogens is 1. The minimum Gasteiger partial charge on any atom is -0.303 e. The summed E-state index contributed by atoms with van der Waals surface area (Å²) in [5.74, 6) is 0.842. The van der Waals surface area contributed by atoms with Crippen LogP contribution in [-0.2, 0) is 0 Å². The van der Waals surface area contributed by atoms with E-state index in [4.69, 9.17) is 0 Å². The van der Waals surface area contributed by atoms with Crippen LogP contribution in [0.1, 0.15) is 36.6 Å². The summed E-state index contributed by atoms with van der Waals surface area (Å²) in [6.45, 7) is 2.10. The number of aromatic amines is 1. The molecule has 2 heterocycles. The van der Waals surface area contributed by atoms with Gasteiger partial charge >= 0.3 is 0 Å². The molecule has 2 atom stereocenters. The molecule has 2 unspecified atom stereocenters. The molecular weight excluding hydrogens is 261 g/mol. The van der Waals surface area contributed by atoms with Crippen molar-refractivity contribution >= 4 is 11.8 Å². The third-order valence-electron chi connectivity index (χ3n) is 3.50. The summed E-state index contributed by atoms with van der Waals surface area (Å²) in [5, 5.41) is 10.4. The molecule has 2 aromatic rings. The molecule has 0 fully saturated rings. The van der Waals surface area contributed by atoms with Gasteiger partial charge in [-0.3, -0.25) is 5.10 Å². The van der Waals surface area contributed by atoms with E-state index >= 15 is 0 Å². The molecule has 19 heavy (non-hydrogen) atoms. The SMILES string of the molecule is CC(NC1CCSc2c(F)cccc21)c1cn[nH]c1. The summed E-state index contributed by atoms with van der Waals surface area (Å²) >= 11 is 1.61. The van der Waals surface area contributed by atoms with Crippen LogP contribution in [0, 0.1) is 5.82 Å². The van der Waals surface area contributed by atoms with Gasteiger partial charge in [0.1, 0.15) is 5.82 Å². The number of H-pyrrole nitrogens is 1. The van der Waals surface area contributed by atoms with Gasteiger partial charge in [0.2, 0.25) is 0 Å². The van der Waals surface area contributed by atoms with E-state index in [0.29, 0.717) is 0 Å². The Morgan fingerprint density at radius 1 is 1.53 bits per heavy atom. The zero-order chi connectivity index (χ0) is 13.2. The van der Waals surface area contributed by atoms with Crippen LogP contribution in [-0.4, -0.2) is 16.0 Å². The lowest BCUT2D eigenvalue weighted by Crippen LogP contribution is -2.27. The number of nitrogens with zero attached hydrogens (tertiary/aromatic N) is 1. The Hall–Kier alpha value is -1.33. The molecule has 3 nitrogen and oxygen atoms in total. The van der Waals surface area contributed by atoms with Gasteiger partial charge < -0.3 is 5.32 Å². The van der Waals surface area contributed by atoms with Crippen LogP contribution in [0.2, 0.25) is 0 Å². The Labute approximate surface area is 116 Å². The van der Waals surface area contributed by atoms with Gasteiger partial charge in [-0.05, 0) is 30.7 Å². The summed E-state index contributed by atoms with van der Waals surface area (Å²) in [5.41, 5.74) is 2.20. The first-order chi connectivity index (χ1) is 9.25. The largest absolute Gasteiger partial charge is 0.303 e. The number of nitrogens with one attached hydrogen (secondary N) is 2. The van der Waals surface area contributed by atoms with E-state index < -0.39 is 0 Å². The molecule has 0 radical (unpaired) electrons. The first-order valence-electron chi connectivity index (χ1n) is 6.41. The first kappa shape index (κ1) is 12.7. The molecule has 100 valence electrons. The average Bonchev–Trinajstić information content (AvgIpc) is 2.94. The van der Waals surface area contributed by atoms with Crippen molar-refractivity contribution in [1.29, 1.82) is 0 Å². The molecule has 1 aliphatic rings. The molecule has 0 saturated heterocycles. The maximum Gasteiger partial charge on any atom is 0.137 e. The van der Waals surface area contributed by atoms with Crippen LogP contribution in [0.15, 0.2) is 35.5 Å². The van der Waals surface area contributed by atoms with Crippen LogP contribution in [0.3, 0.4) is 0 Å². The molecule has 0 spiro atoms. The predicted octanol–water partition coefficient (Wildman–Crippen LogP) is 3.44. The van der Waals surface area contributed by atoms with Gasteiger partial charge in [0.15, 0.2) is 0 Å². The quantitative estimate of drug-likeness (QED) is 0.903. The molecule has 0 amide bonds. The van der Waals surface area contributed by atoms with Crippen LogP contribution in [0.5, 0.6) is 0 Å². The third kappa shape index (κ3) is 2.53. The summed E-state index contributed by atoms with van der Waals surface area (Å²) < 4.78 is 13.8. The number of rotatable bonds is 3. The Morgan fingerprint density at radius 3 is 3.21 bits per heavy atom. The topological polar surface area (TPSA) is 40.7 Å². The van der Waals surface area contributed by atoms with E-state index in [-0.39, 0.29) is 17.9 Å². The lowest BCUT2D eigenvalue weighted by atomic mass is 10.0. The van der Waals surface area contributed by atoms with Gasteiger partial charge in [0.25, 0.3) is 0 Å². The van der Waals surface area contributed by atoms with Gasteiger partial charge in [-0.1, -0.05) is 12.1 Å². The highest BCUT2D eigenvalue weighted by atomic mass is 32.2. The highest BCUT2D eigenvalue weighted by Crippen LogP contribution is 2.38. The number of aromatic nitrogens is 2. The monoisotopic (exact) mass is 277 g/mol. The lowest BCUT2D eigenvalue weighted by molar-refractivity contribution is 0.444. The molecule has 0 saturated carbocycles. The van der Waals surface area contributed by atoms with Crippen LogP contribution in [0.25, 0.3) is 0 Å². The summed E-state index contributed by atoms with van der Waals surface area (Å²) in [6, 6.07) is 5.75. The molecule has 2 N–H and O–H groups in total. The standard InChI is InChI=1S/C14H16FN3S/c1-9(10-7-16-17-8-10)18-13-5-6-19-14-11(13)3-2-4-12(14)15/h2-4,7-9,13,18H,5-6H2,1H3,(H,16,17). The van der Waals surface area contributed by atoms with E-state index in [1.807, 2.05) is 18.5 Å². The van der Waals surface area contributed by atoms with Crippen molar-refractivity contribution in [3.8, 4) is 0 Å². The smallest absolute Gasteiger partial charge is 0.137 e. The van der Waals surface area contributed by atoms with Crippen molar-refractivity contribution in [3.63, 3.8) is 0 Å². The van der Waals surface area contributed by atoms with Gasteiger partial charge in [0, 0.05) is 28.7 Å². The van der Waals surface area contributed by atoms with Crippen LogP contribution < -0.4 is 5.32 Å². The number of hydrogen-bond donors (Lipinski definition) is 2. The number of benzene rings is 1. The third-order valence-corrected chi connectivity index (χ3v) is 4.66. The second-order valence-electron chi connectivity index (χ2n) is 4.77. The van der Waals surface area contributed by atoms with E-state index in [0.717, 1.165) is 28.2 Å². The number of hydrogen-bond acceptors (Lipinski definition) is 3. The van der Waals surface area contributed by atoms with Crippen molar-refractivity contribution in [2.45, 2.75) is 30.3 Å². The van der Waals surface area contributed by atoms with E-state index in [1.54, 1.807) is 17.8 Å². The minimum absolute atomic E-state index is 0.107. The fraction of sp³-hybridized carbons (Fsp3) is 0.357. The molecule has 1 aromatic carbocycles. The van der Waals surface area contributed by atoms with E-state index in [9.17, 15) is 4.39 Å².